The Labute approximate surface area is 83.4 Å². The van der Waals surface area contributed by atoms with Gasteiger partial charge in [-0.05, 0) is 0 Å². The quantitative estimate of drug-likeness (QED) is 0.741. The maximum Gasteiger partial charge on any atom is 0.387 e. The fraction of sp³-hybridized carbons (Fsp3) is 0.286. The summed E-state index contributed by atoms with van der Waals surface area (Å²) in [5.74, 6) is 0.0128. The second kappa shape index (κ2) is 4.58. The van der Waals surface area contributed by atoms with E-state index in [1.54, 1.807) is 0 Å². The molecule has 72 valence electrons. The zero-order chi connectivity index (χ0) is 9.84. The minimum absolute atomic E-state index is 0.0363. The molecule has 0 aliphatic carbocycles. The van der Waals surface area contributed by atoms with Crippen LogP contribution in [0.5, 0.6) is 5.75 Å². The summed E-state index contributed by atoms with van der Waals surface area (Å²) in [6.45, 7) is -2.90. The third-order valence-corrected chi connectivity index (χ3v) is 1.79. The molecule has 0 unspecified atom stereocenters. The van der Waals surface area contributed by atoms with Crippen molar-refractivity contribution >= 4 is 23.2 Å². The van der Waals surface area contributed by atoms with Crippen LogP contribution in [0.25, 0.3) is 0 Å². The van der Waals surface area contributed by atoms with Gasteiger partial charge in [0.1, 0.15) is 10.8 Å². The molecule has 0 saturated heterocycles. The smallest absolute Gasteiger partial charge is 0.387 e. The highest BCUT2D eigenvalue weighted by Crippen LogP contribution is 2.25. The van der Waals surface area contributed by atoms with Crippen molar-refractivity contribution in [3.63, 3.8) is 0 Å². The molecule has 0 atom stereocenters. The third-order valence-electron chi connectivity index (χ3n) is 1.23. The number of halogens is 4. The predicted molar refractivity (Wildman–Crippen MR) is 45.4 cm³/mol. The lowest BCUT2D eigenvalue weighted by Crippen LogP contribution is -2.03. The van der Waals surface area contributed by atoms with Gasteiger partial charge in [-0.15, -0.1) is 11.6 Å². The van der Waals surface area contributed by atoms with Crippen molar-refractivity contribution in [3.05, 3.63) is 23.0 Å². The molecule has 1 aromatic rings. The fourth-order valence-corrected chi connectivity index (χ4v) is 1.01. The Bertz CT molecular complexity index is 296. The first-order chi connectivity index (χ1) is 6.13. The molecule has 0 bridgehead atoms. The molecule has 1 rings (SSSR count). The van der Waals surface area contributed by atoms with Gasteiger partial charge in [-0.1, -0.05) is 11.6 Å². The maximum atomic E-state index is 11.8. The molecule has 0 radical (unpaired) electrons. The molecule has 0 aromatic carbocycles. The van der Waals surface area contributed by atoms with E-state index in [4.69, 9.17) is 23.2 Å². The average Bonchev–Trinajstić information content (AvgIpc) is 2.08. The molecule has 0 amide bonds. The molecular formula is C7H5Cl2F2NO. The second-order valence-corrected chi connectivity index (χ2v) is 2.79. The molecule has 6 heteroatoms. The molecule has 0 fully saturated rings. The van der Waals surface area contributed by atoms with Crippen molar-refractivity contribution in [3.8, 4) is 5.75 Å². The van der Waals surface area contributed by atoms with Gasteiger partial charge < -0.3 is 4.74 Å². The van der Waals surface area contributed by atoms with E-state index in [9.17, 15) is 8.78 Å². The summed E-state index contributed by atoms with van der Waals surface area (Å²) in [7, 11) is 0. The molecule has 0 N–H and O–H groups in total. The van der Waals surface area contributed by atoms with Gasteiger partial charge >= 0.3 is 6.61 Å². The predicted octanol–water partition coefficient (Wildman–Crippen LogP) is 3.08. The van der Waals surface area contributed by atoms with Gasteiger partial charge in [0, 0.05) is 12.3 Å². The molecule has 1 heterocycles. The Morgan fingerprint density at radius 1 is 1.54 bits per heavy atom. The maximum absolute atomic E-state index is 11.8. The Morgan fingerprint density at radius 3 is 2.77 bits per heavy atom. The SMILES string of the molecule is FC(F)Oc1cc(CCl)ncc1Cl. The molecule has 0 aliphatic rings. The second-order valence-electron chi connectivity index (χ2n) is 2.12. The standard InChI is InChI=1S/C7H5Cl2F2NO/c8-2-4-1-6(13-7(10)11)5(9)3-12-4/h1,3,7H,2H2. The number of ether oxygens (including phenoxy) is 1. The summed E-state index contributed by atoms with van der Waals surface area (Å²) < 4.78 is 27.7. The monoisotopic (exact) mass is 227 g/mol. The van der Waals surface area contributed by atoms with Crippen molar-refractivity contribution in [1.29, 1.82) is 0 Å². The minimum atomic E-state index is -2.90. The minimum Gasteiger partial charge on any atom is -0.433 e. The Morgan fingerprint density at radius 2 is 2.23 bits per heavy atom. The molecule has 0 spiro atoms. The Kier molecular flexibility index (Phi) is 3.69. The van der Waals surface area contributed by atoms with Gasteiger partial charge in [0.2, 0.25) is 0 Å². The molecular weight excluding hydrogens is 223 g/mol. The number of nitrogens with zero attached hydrogens (tertiary/aromatic N) is 1. The van der Waals surface area contributed by atoms with Crippen LogP contribution < -0.4 is 4.74 Å². The number of hydrogen-bond acceptors (Lipinski definition) is 2. The van der Waals surface area contributed by atoms with Crippen LogP contribution in [-0.2, 0) is 5.88 Å². The number of pyridine rings is 1. The van der Waals surface area contributed by atoms with E-state index < -0.39 is 6.61 Å². The van der Waals surface area contributed by atoms with Gasteiger partial charge in [0.05, 0.1) is 11.6 Å². The zero-order valence-electron chi connectivity index (χ0n) is 6.31. The first-order valence-electron chi connectivity index (χ1n) is 3.28. The van der Waals surface area contributed by atoms with E-state index >= 15 is 0 Å². The normalized spacial score (nSPS) is 10.5. The summed E-state index contributed by atoms with van der Waals surface area (Å²) in [5.41, 5.74) is 0.432. The van der Waals surface area contributed by atoms with Crippen LogP contribution >= 0.6 is 23.2 Å². The van der Waals surface area contributed by atoms with Gasteiger partial charge in [-0.25, -0.2) is 0 Å². The largest absolute Gasteiger partial charge is 0.433 e. The van der Waals surface area contributed by atoms with Gasteiger partial charge in [-0.3, -0.25) is 4.98 Å². The van der Waals surface area contributed by atoms with E-state index in [-0.39, 0.29) is 16.7 Å². The van der Waals surface area contributed by atoms with Crippen molar-refractivity contribution in [2.24, 2.45) is 0 Å². The molecule has 0 aliphatic heterocycles. The third kappa shape index (κ3) is 2.97. The van der Waals surface area contributed by atoms with Crippen molar-refractivity contribution < 1.29 is 13.5 Å². The van der Waals surface area contributed by atoms with E-state index in [0.29, 0.717) is 5.69 Å². The van der Waals surface area contributed by atoms with Crippen LogP contribution in [0.4, 0.5) is 8.78 Å². The van der Waals surface area contributed by atoms with Crippen LogP contribution in [0.2, 0.25) is 5.02 Å². The molecule has 0 saturated carbocycles. The summed E-state index contributed by atoms with van der Waals surface area (Å²) in [6, 6.07) is 1.28. The van der Waals surface area contributed by atoms with Crippen molar-refractivity contribution in [2.45, 2.75) is 12.5 Å². The van der Waals surface area contributed by atoms with Crippen LogP contribution in [0, 0.1) is 0 Å². The zero-order valence-corrected chi connectivity index (χ0v) is 7.82. The number of alkyl halides is 3. The average molecular weight is 228 g/mol. The highest BCUT2D eigenvalue weighted by atomic mass is 35.5. The lowest BCUT2D eigenvalue weighted by atomic mass is 10.3. The molecule has 2 nitrogen and oxygen atoms in total. The van der Waals surface area contributed by atoms with Crippen LogP contribution in [0.3, 0.4) is 0 Å². The van der Waals surface area contributed by atoms with Crippen molar-refractivity contribution in [2.75, 3.05) is 0 Å². The van der Waals surface area contributed by atoms with E-state index in [1.807, 2.05) is 0 Å². The van der Waals surface area contributed by atoms with E-state index in [1.165, 1.54) is 12.3 Å². The van der Waals surface area contributed by atoms with Gasteiger partial charge in [0.15, 0.2) is 0 Å². The summed E-state index contributed by atoms with van der Waals surface area (Å²) in [6.07, 6.45) is 1.22. The molecule has 1 aromatic heterocycles. The van der Waals surface area contributed by atoms with E-state index in [0.717, 1.165) is 0 Å². The Balaban J connectivity index is 2.90. The Hall–Kier alpha value is -0.610. The number of rotatable bonds is 3. The number of hydrogen-bond donors (Lipinski definition) is 0. The fourth-order valence-electron chi connectivity index (χ4n) is 0.720. The van der Waals surface area contributed by atoms with Crippen LogP contribution in [0.15, 0.2) is 12.3 Å². The van der Waals surface area contributed by atoms with Crippen molar-refractivity contribution in [1.82, 2.24) is 4.98 Å². The van der Waals surface area contributed by atoms with Gasteiger partial charge in [0.25, 0.3) is 0 Å². The summed E-state index contributed by atoms with van der Waals surface area (Å²) in [4.78, 5) is 3.78. The molecule has 13 heavy (non-hydrogen) atoms. The van der Waals surface area contributed by atoms with Crippen LogP contribution in [-0.4, -0.2) is 11.6 Å². The first-order valence-corrected chi connectivity index (χ1v) is 4.20. The first kappa shape index (κ1) is 10.5. The van der Waals surface area contributed by atoms with Gasteiger partial charge in [-0.2, -0.15) is 8.78 Å². The summed E-state index contributed by atoms with van der Waals surface area (Å²) in [5, 5.41) is 0.0363. The highest BCUT2D eigenvalue weighted by Gasteiger charge is 2.09. The lowest BCUT2D eigenvalue weighted by Gasteiger charge is -2.06. The lowest BCUT2D eigenvalue weighted by molar-refractivity contribution is -0.0498. The topological polar surface area (TPSA) is 22.1 Å². The highest BCUT2D eigenvalue weighted by molar-refractivity contribution is 6.31. The summed E-state index contributed by atoms with van der Waals surface area (Å²) >= 11 is 11.0. The van der Waals surface area contributed by atoms with Crippen LogP contribution in [0.1, 0.15) is 5.69 Å². The van der Waals surface area contributed by atoms with E-state index in [2.05, 4.69) is 9.72 Å². The number of aromatic nitrogens is 1.